The van der Waals surface area contributed by atoms with E-state index in [0.29, 0.717) is 12.1 Å². The van der Waals surface area contributed by atoms with Crippen LogP contribution in [0.15, 0.2) is 24.5 Å². The fourth-order valence-corrected chi connectivity index (χ4v) is 2.24. The Balaban J connectivity index is 2.34. The second kappa shape index (κ2) is 5.09. The van der Waals surface area contributed by atoms with Crippen LogP contribution in [0.1, 0.15) is 16.8 Å². The fraction of sp³-hybridized carbons (Fsp3) is 0.308. The number of nitrogens with zero attached hydrogens (tertiary/aromatic N) is 4. The molecule has 0 saturated carbocycles. The molecule has 0 saturated heterocycles. The van der Waals surface area contributed by atoms with Crippen molar-refractivity contribution in [3.63, 3.8) is 0 Å². The Morgan fingerprint density at radius 3 is 2.84 bits per heavy atom. The first-order chi connectivity index (χ1) is 9.00. The van der Waals surface area contributed by atoms with Gasteiger partial charge in [-0.15, -0.1) is 0 Å². The molecular weight excluding hydrogens is 240 g/mol. The van der Waals surface area contributed by atoms with Gasteiger partial charge in [0.1, 0.15) is 11.7 Å². The van der Waals surface area contributed by atoms with E-state index in [2.05, 4.69) is 10.1 Å². The molecule has 0 spiro atoms. The highest BCUT2D eigenvalue weighted by Gasteiger charge is 2.19. The van der Waals surface area contributed by atoms with Gasteiger partial charge >= 0.3 is 0 Å². The van der Waals surface area contributed by atoms with Gasteiger partial charge in [-0.3, -0.25) is 15.1 Å². The lowest BCUT2D eigenvalue weighted by molar-refractivity contribution is 0.726. The van der Waals surface area contributed by atoms with Gasteiger partial charge in [-0.05, 0) is 18.6 Å². The number of nitrogens with two attached hydrogens (primary N) is 1. The third kappa shape index (κ3) is 2.57. The van der Waals surface area contributed by atoms with Crippen LogP contribution in [0, 0.1) is 12.3 Å². The minimum Gasteiger partial charge on any atom is -0.384 e. The predicted molar refractivity (Wildman–Crippen MR) is 75.3 cm³/mol. The molecule has 2 heterocycles. The molecule has 0 atom stereocenters. The van der Waals surface area contributed by atoms with E-state index in [1.54, 1.807) is 10.9 Å². The molecular formula is C13H18N6. The summed E-state index contributed by atoms with van der Waals surface area (Å²) in [6.45, 7) is 2.55. The number of amidine groups is 1. The normalized spacial score (nSPS) is 10.5. The predicted octanol–water partition coefficient (Wildman–Crippen LogP) is 1.04. The van der Waals surface area contributed by atoms with Crippen molar-refractivity contribution in [3.05, 3.63) is 41.3 Å². The largest absolute Gasteiger partial charge is 0.384 e. The molecule has 0 radical (unpaired) electrons. The van der Waals surface area contributed by atoms with Crippen molar-refractivity contribution in [2.45, 2.75) is 13.5 Å². The zero-order chi connectivity index (χ0) is 14.0. The quantitative estimate of drug-likeness (QED) is 0.634. The summed E-state index contributed by atoms with van der Waals surface area (Å²) in [6, 6.07) is 3.92. The minimum absolute atomic E-state index is 0.0404. The minimum atomic E-state index is 0.0404. The number of anilines is 1. The Bertz CT molecular complexity index is 587. The molecule has 0 fully saturated rings. The first kappa shape index (κ1) is 13.1. The zero-order valence-corrected chi connectivity index (χ0v) is 11.4. The Morgan fingerprint density at radius 1 is 1.53 bits per heavy atom. The number of nitrogens with one attached hydrogen (secondary N) is 1. The molecule has 0 amide bonds. The summed E-state index contributed by atoms with van der Waals surface area (Å²) >= 11 is 0. The highest BCUT2D eigenvalue weighted by Crippen LogP contribution is 2.22. The van der Waals surface area contributed by atoms with E-state index in [1.165, 1.54) is 0 Å². The lowest BCUT2D eigenvalue weighted by Gasteiger charge is -2.20. The third-order valence-electron chi connectivity index (χ3n) is 2.97. The summed E-state index contributed by atoms with van der Waals surface area (Å²) in [6.07, 6.45) is 3.58. The molecule has 6 heteroatoms. The van der Waals surface area contributed by atoms with Crippen LogP contribution in [0.2, 0.25) is 0 Å². The monoisotopic (exact) mass is 258 g/mol. The number of aromatic nitrogens is 3. The molecule has 0 aliphatic carbocycles. The molecule has 19 heavy (non-hydrogen) atoms. The van der Waals surface area contributed by atoms with E-state index < -0.39 is 0 Å². The van der Waals surface area contributed by atoms with E-state index in [0.717, 1.165) is 17.1 Å². The number of nitrogen functional groups attached to an aromatic ring is 1. The van der Waals surface area contributed by atoms with E-state index in [-0.39, 0.29) is 5.84 Å². The van der Waals surface area contributed by atoms with Gasteiger partial charge in [-0.25, -0.2) is 0 Å². The topological polar surface area (TPSA) is 83.8 Å². The van der Waals surface area contributed by atoms with Crippen LogP contribution in [0.5, 0.6) is 0 Å². The van der Waals surface area contributed by atoms with Crippen molar-refractivity contribution in [2.24, 2.45) is 12.8 Å². The van der Waals surface area contributed by atoms with Gasteiger partial charge in [0.25, 0.3) is 0 Å². The highest BCUT2D eigenvalue weighted by molar-refractivity contribution is 6.00. The maximum Gasteiger partial charge on any atom is 0.137 e. The SMILES string of the molecule is Cc1nn(C)c(N(C)Cc2cccnc2)c1C(=N)N. The first-order valence-corrected chi connectivity index (χ1v) is 5.98. The van der Waals surface area contributed by atoms with Gasteiger partial charge in [-0.1, -0.05) is 6.07 Å². The Hall–Kier alpha value is -2.37. The van der Waals surface area contributed by atoms with Crippen molar-refractivity contribution < 1.29 is 0 Å². The van der Waals surface area contributed by atoms with Gasteiger partial charge in [0, 0.05) is 33.0 Å². The fourth-order valence-electron chi connectivity index (χ4n) is 2.24. The van der Waals surface area contributed by atoms with Crippen LogP contribution in [-0.2, 0) is 13.6 Å². The molecule has 6 nitrogen and oxygen atoms in total. The molecule has 2 aromatic heterocycles. The maximum absolute atomic E-state index is 7.69. The van der Waals surface area contributed by atoms with Crippen molar-refractivity contribution in [1.29, 1.82) is 5.41 Å². The average Bonchev–Trinajstić information content (AvgIpc) is 2.65. The van der Waals surface area contributed by atoms with Crippen LogP contribution >= 0.6 is 0 Å². The molecule has 0 aromatic carbocycles. The molecule has 100 valence electrons. The summed E-state index contributed by atoms with van der Waals surface area (Å²) in [7, 11) is 3.81. The number of hydrogen-bond donors (Lipinski definition) is 2. The zero-order valence-electron chi connectivity index (χ0n) is 11.4. The Morgan fingerprint density at radius 2 is 2.26 bits per heavy atom. The van der Waals surface area contributed by atoms with Crippen molar-refractivity contribution >= 4 is 11.7 Å². The van der Waals surface area contributed by atoms with Gasteiger partial charge in [-0.2, -0.15) is 5.10 Å². The summed E-state index contributed by atoms with van der Waals surface area (Å²) in [4.78, 5) is 6.12. The molecule has 2 aromatic rings. The van der Waals surface area contributed by atoms with Gasteiger partial charge in [0.2, 0.25) is 0 Å². The number of aryl methyl sites for hydroxylation is 2. The number of hydrogen-bond acceptors (Lipinski definition) is 4. The average molecular weight is 258 g/mol. The molecule has 3 N–H and O–H groups in total. The summed E-state index contributed by atoms with van der Waals surface area (Å²) in [5.41, 5.74) is 8.20. The molecule has 0 unspecified atom stereocenters. The van der Waals surface area contributed by atoms with Gasteiger partial charge in [0.15, 0.2) is 0 Å². The lowest BCUT2D eigenvalue weighted by Crippen LogP contribution is -2.23. The van der Waals surface area contributed by atoms with Crippen LogP contribution in [0.3, 0.4) is 0 Å². The van der Waals surface area contributed by atoms with Gasteiger partial charge < -0.3 is 10.6 Å². The van der Waals surface area contributed by atoms with Crippen molar-refractivity contribution in [3.8, 4) is 0 Å². The lowest BCUT2D eigenvalue weighted by atomic mass is 10.2. The van der Waals surface area contributed by atoms with E-state index >= 15 is 0 Å². The Kier molecular flexibility index (Phi) is 3.50. The molecule has 2 rings (SSSR count). The standard InChI is InChI=1S/C13H18N6/c1-9-11(12(14)15)13(19(3)17-9)18(2)8-10-5-4-6-16-7-10/h4-7H,8H2,1-3H3,(H3,14,15). The number of rotatable bonds is 4. The van der Waals surface area contributed by atoms with E-state index in [1.807, 2.05) is 44.2 Å². The summed E-state index contributed by atoms with van der Waals surface area (Å²) in [5, 5.41) is 12.0. The van der Waals surface area contributed by atoms with E-state index in [4.69, 9.17) is 11.1 Å². The third-order valence-corrected chi connectivity index (χ3v) is 2.97. The van der Waals surface area contributed by atoms with Crippen molar-refractivity contribution in [2.75, 3.05) is 11.9 Å². The van der Waals surface area contributed by atoms with Crippen LogP contribution in [0.4, 0.5) is 5.82 Å². The first-order valence-electron chi connectivity index (χ1n) is 5.98. The van der Waals surface area contributed by atoms with Crippen molar-refractivity contribution in [1.82, 2.24) is 14.8 Å². The van der Waals surface area contributed by atoms with Crippen LogP contribution in [-0.4, -0.2) is 27.6 Å². The van der Waals surface area contributed by atoms with E-state index in [9.17, 15) is 0 Å². The van der Waals surface area contributed by atoms with Gasteiger partial charge in [0.05, 0.1) is 11.3 Å². The maximum atomic E-state index is 7.69. The second-order valence-electron chi connectivity index (χ2n) is 4.54. The van der Waals surface area contributed by atoms with Crippen LogP contribution < -0.4 is 10.6 Å². The van der Waals surface area contributed by atoms with Crippen LogP contribution in [0.25, 0.3) is 0 Å². The Labute approximate surface area is 112 Å². The highest BCUT2D eigenvalue weighted by atomic mass is 15.4. The second-order valence-corrected chi connectivity index (χ2v) is 4.54. The molecule has 0 aliphatic rings. The number of pyridine rings is 1. The smallest absolute Gasteiger partial charge is 0.137 e. The molecule has 0 bridgehead atoms. The summed E-state index contributed by atoms with van der Waals surface area (Å²) in [5.74, 6) is 0.882. The summed E-state index contributed by atoms with van der Waals surface area (Å²) < 4.78 is 1.75. The molecule has 0 aliphatic heterocycles.